The molecule has 0 radical (unpaired) electrons. The molecule has 0 aliphatic heterocycles. The number of halogens is 1. The lowest BCUT2D eigenvalue weighted by atomic mass is 10.1. The molecule has 2 N–H and O–H groups in total. The zero-order chi connectivity index (χ0) is 14.2. The van der Waals surface area contributed by atoms with E-state index < -0.39 is 0 Å². The number of nitrogens with zero attached hydrogens (tertiary/aromatic N) is 3. The number of benzene rings is 1. The average molecular weight is 372 g/mol. The van der Waals surface area contributed by atoms with Gasteiger partial charge in [-0.05, 0) is 36.4 Å². The van der Waals surface area contributed by atoms with Gasteiger partial charge in [-0.1, -0.05) is 18.2 Å². The number of nitrogen functional groups attached to an aromatic ring is 1. The topological polar surface area (TPSA) is 87.0 Å². The summed E-state index contributed by atoms with van der Waals surface area (Å²) in [5.41, 5.74) is 7.49. The molecule has 0 amide bonds. The fraction of sp³-hybridized carbons (Fsp3) is 0.250. The van der Waals surface area contributed by atoms with Crippen molar-refractivity contribution in [3.63, 3.8) is 0 Å². The summed E-state index contributed by atoms with van der Waals surface area (Å²) in [6.07, 6.45) is 0. The molecule has 0 spiro atoms. The second kappa shape index (κ2) is 5.16. The average Bonchev–Trinajstić information content (AvgIpc) is 2.65. The molecule has 2 aromatic rings. The van der Waals surface area contributed by atoms with Crippen LogP contribution in [-0.4, -0.2) is 14.7 Å². The normalized spacial score (nSPS) is 12.4. The first-order valence-corrected chi connectivity index (χ1v) is 6.74. The van der Waals surface area contributed by atoms with Crippen LogP contribution in [0.4, 0.5) is 11.5 Å². The molecule has 0 saturated carbocycles. The summed E-state index contributed by atoms with van der Waals surface area (Å²) in [5, 5.41) is 15.4. The largest absolute Gasteiger partial charge is 0.383 e. The van der Waals surface area contributed by atoms with Crippen molar-refractivity contribution in [2.24, 2.45) is 0 Å². The van der Waals surface area contributed by atoms with E-state index in [9.17, 15) is 10.1 Å². The Morgan fingerprint density at radius 2 is 2.11 bits per heavy atom. The lowest BCUT2D eigenvalue weighted by Gasteiger charge is -2.14. The van der Waals surface area contributed by atoms with Crippen molar-refractivity contribution in [2.45, 2.75) is 19.9 Å². The smallest absolute Gasteiger partial charge is 0.274 e. The van der Waals surface area contributed by atoms with E-state index in [-0.39, 0.29) is 16.7 Å². The van der Waals surface area contributed by atoms with Crippen molar-refractivity contribution >= 4 is 34.1 Å². The van der Waals surface area contributed by atoms with Crippen LogP contribution in [0.25, 0.3) is 0 Å². The van der Waals surface area contributed by atoms with Crippen molar-refractivity contribution in [3.8, 4) is 0 Å². The number of rotatable bonds is 3. The van der Waals surface area contributed by atoms with Crippen LogP contribution in [-0.2, 0) is 0 Å². The number of nitro benzene ring substituents is 1. The third-order valence-electron chi connectivity index (χ3n) is 3.00. The monoisotopic (exact) mass is 372 g/mol. The molecular weight excluding hydrogens is 359 g/mol. The van der Waals surface area contributed by atoms with E-state index in [1.807, 2.05) is 13.8 Å². The van der Waals surface area contributed by atoms with Crippen molar-refractivity contribution in [3.05, 3.63) is 49.2 Å². The summed E-state index contributed by atoms with van der Waals surface area (Å²) in [5.74, 6) is 0.531. The van der Waals surface area contributed by atoms with Crippen molar-refractivity contribution in [2.75, 3.05) is 5.73 Å². The van der Waals surface area contributed by atoms with Gasteiger partial charge in [-0.15, -0.1) is 0 Å². The molecule has 1 unspecified atom stereocenters. The fourth-order valence-corrected chi connectivity index (χ4v) is 2.33. The van der Waals surface area contributed by atoms with Crippen molar-refractivity contribution in [1.29, 1.82) is 0 Å². The molecule has 6 nitrogen and oxygen atoms in total. The minimum atomic E-state index is -0.386. The summed E-state index contributed by atoms with van der Waals surface area (Å²) in [4.78, 5) is 10.7. The van der Waals surface area contributed by atoms with Crippen LogP contribution >= 0.6 is 22.6 Å². The number of nitro groups is 1. The van der Waals surface area contributed by atoms with E-state index in [2.05, 4.69) is 27.7 Å². The predicted molar refractivity (Wildman–Crippen MR) is 81.0 cm³/mol. The number of nitrogens with two attached hydrogens (primary N) is 1. The Labute approximate surface area is 123 Å². The van der Waals surface area contributed by atoms with Gasteiger partial charge in [0.2, 0.25) is 0 Å². The summed E-state index contributed by atoms with van der Waals surface area (Å²) >= 11 is 2.12. The summed E-state index contributed by atoms with van der Waals surface area (Å²) in [6, 6.07) is 6.35. The van der Waals surface area contributed by atoms with E-state index in [4.69, 9.17) is 5.73 Å². The number of hydrogen-bond donors (Lipinski definition) is 1. The highest BCUT2D eigenvalue weighted by atomic mass is 127. The second-order valence-electron chi connectivity index (χ2n) is 4.22. The quantitative estimate of drug-likeness (QED) is 0.510. The number of aryl methyl sites for hydroxylation is 1. The Balaban J connectivity index is 2.53. The van der Waals surface area contributed by atoms with Crippen LogP contribution in [0.5, 0.6) is 0 Å². The molecule has 1 aromatic heterocycles. The first-order chi connectivity index (χ1) is 8.93. The molecular formula is C12H13IN4O2. The molecule has 1 heterocycles. The van der Waals surface area contributed by atoms with Crippen LogP contribution in [0.15, 0.2) is 24.3 Å². The van der Waals surface area contributed by atoms with E-state index in [0.717, 1.165) is 9.26 Å². The van der Waals surface area contributed by atoms with Crippen LogP contribution in [0, 0.1) is 20.6 Å². The Bertz CT molecular complexity index is 639. The third-order valence-corrected chi connectivity index (χ3v) is 4.33. The Kier molecular flexibility index (Phi) is 3.74. The molecule has 100 valence electrons. The highest BCUT2D eigenvalue weighted by Crippen LogP contribution is 2.30. The molecule has 0 aliphatic rings. The molecule has 1 aromatic carbocycles. The van der Waals surface area contributed by atoms with Crippen molar-refractivity contribution < 1.29 is 4.92 Å². The fourth-order valence-electron chi connectivity index (χ4n) is 1.98. The highest BCUT2D eigenvalue weighted by molar-refractivity contribution is 14.1. The standard InChI is InChI=1S/C12H13IN4O2/c1-7-11(13)12(14)16(15-7)8(2)9-5-3-4-6-10(9)17(18)19/h3-6,8H,14H2,1-2H3. The highest BCUT2D eigenvalue weighted by Gasteiger charge is 2.22. The molecule has 19 heavy (non-hydrogen) atoms. The van der Waals surface area contributed by atoms with Crippen LogP contribution < -0.4 is 5.73 Å². The van der Waals surface area contributed by atoms with Crippen molar-refractivity contribution in [1.82, 2.24) is 9.78 Å². The number of anilines is 1. The molecule has 2 rings (SSSR count). The molecule has 1 atom stereocenters. The maximum absolute atomic E-state index is 11.1. The van der Waals surface area contributed by atoms with Crippen LogP contribution in [0.3, 0.4) is 0 Å². The molecule has 0 fully saturated rings. The third kappa shape index (κ3) is 2.42. The minimum Gasteiger partial charge on any atom is -0.383 e. The zero-order valence-electron chi connectivity index (χ0n) is 10.5. The first-order valence-electron chi connectivity index (χ1n) is 5.67. The Morgan fingerprint density at radius 1 is 1.47 bits per heavy atom. The Hall–Kier alpha value is -1.64. The maximum Gasteiger partial charge on any atom is 0.274 e. The zero-order valence-corrected chi connectivity index (χ0v) is 12.7. The van der Waals surface area contributed by atoms with Gasteiger partial charge in [0.05, 0.1) is 25.8 Å². The van der Waals surface area contributed by atoms with Gasteiger partial charge in [-0.25, -0.2) is 4.68 Å². The van der Waals surface area contributed by atoms with E-state index in [0.29, 0.717) is 11.4 Å². The van der Waals surface area contributed by atoms with Crippen LogP contribution in [0.2, 0.25) is 0 Å². The lowest BCUT2D eigenvalue weighted by Crippen LogP contribution is -2.13. The summed E-state index contributed by atoms with van der Waals surface area (Å²) in [6.45, 7) is 3.71. The van der Waals surface area contributed by atoms with Gasteiger partial charge in [0.1, 0.15) is 5.82 Å². The SMILES string of the molecule is Cc1nn(C(C)c2ccccc2[N+](=O)[O-])c(N)c1I. The molecule has 0 aliphatic carbocycles. The molecule has 0 saturated heterocycles. The Morgan fingerprint density at radius 3 is 2.63 bits per heavy atom. The minimum absolute atomic E-state index is 0.0811. The van der Waals surface area contributed by atoms with E-state index in [1.54, 1.807) is 22.9 Å². The first kappa shape index (κ1) is 13.8. The summed E-state index contributed by atoms with van der Waals surface area (Å²) < 4.78 is 2.50. The maximum atomic E-state index is 11.1. The van der Waals surface area contributed by atoms with Crippen LogP contribution in [0.1, 0.15) is 24.2 Å². The number of aromatic nitrogens is 2. The summed E-state index contributed by atoms with van der Waals surface area (Å²) in [7, 11) is 0. The number of para-hydroxylation sites is 1. The molecule has 7 heteroatoms. The van der Waals surface area contributed by atoms with Gasteiger partial charge in [-0.3, -0.25) is 10.1 Å². The van der Waals surface area contributed by atoms with Gasteiger partial charge in [0, 0.05) is 6.07 Å². The van der Waals surface area contributed by atoms with E-state index >= 15 is 0 Å². The van der Waals surface area contributed by atoms with Gasteiger partial charge in [-0.2, -0.15) is 5.10 Å². The molecule has 0 bridgehead atoms. The van der Waals surface area contributed by atoms with E-state index in [1.165, 1.54) is 6.07 Å². The van der Waals surface area contributed by atoms with Gasteiger partial charge < -0.3 is 5.73 Å². The van der Waals surface area contributed by atoms with Gasteiger partial charge in [0.15, 0.2) is 0 Å². The lowest BCUT2D eigenvalue weighted by molar-refractivity contribution is -0.385. The second-order valence-corrected chi connectivity index (χ2v) is 5.30. The number of hydrogen-bond acceptors (Lipinski definition) is 4. The van der Waals surface area contributed by atoms with Gasteiger partial charge >= 0.3 is 0 Å². The predicted octanol–water partition coefficient (Wildman–Crippen LogP) is 2.90. The van der Waals surface area contributed by atoms with Gasteiger partial charge in [0.25, 0.3) is 5.69 Å².